The van der Waals surface area contributed by atoms with Gasteiger partial charge in [-0.25, -0.2) is 4.99 Å². The van der Waals surface area contributed by atoms with Gasteiger partial charge in [-0.1, -0.05) is 51.8 Å². The van der Waals surface area contributed by atoms with Gasteiger partial charge in [0.1, 0.15) is 5.17 Å². The Kier molecular flexibility index (Phi) is 11.3. The molecule has 0 radical (unpaired) electrons. The third kappa shape index (κ3) is 10.1. The Hall–Kier alpha value is -0.810. The van der Waals surface area contributed by atoms with E-state index in [2.05, 4.69) is 39.2 Å². The van der Waals surface area contributed by atoms with E-state index in [1.165, 1.54) is 0 Å². The Labute approximate surface area is 160 Å². The van der Waals surface area contributed by atoms with E-state index in [9.17, 15) is 4.79 Å². The smallest absolute Gasteiger partial charge is 0.227 e. The van der Waals surface area contributed by atoms with Crippen molar-refractivity contribution in [2.75, 3.05) is 20.1 Å². The number of allylic oxidation sites excluding steroid dienone is 2. The molecule has 0 aromatic carbocycles. The van der Waals surface area contributed by atoms with Crippen molar-refractivity contribution in [3.63, 3.8) is 0 Å². The lowest BCUT2D eigenvalue weighted by Gasteiger charge is -2.26. The molecule has 24 heavy (non-hydrogen) atoms. The third-order valence-electron chi connectivity index (χ3n) is 3.22. The summed E-state index contributed by atoms with van der Waals surface area (Å²) in [5.74, 6) is 0.164. The summed E-state index contributed by atoms with van der Waals surface area (Å²) in [6.07, 6.45) is 6.78. The maximum absolute atomic E-state index is 12.1. The maximum atomic E-state index is 12.1. The number of amides is 1. The molecular formula is C18H31BrClN3O. The summed E-state index contributed by atoms with van der Waals surface area (Å²) in [6, 6.07) is 0. The second-order valence-corrected chi connectivity index (χ2v) is 8.17. The minimum absolute atomic E-state index is 0.164. The van der Waals surface area contributed by atoms with E-state index in [0.29, 0.717) is 5.17 Å². The van der Waals surface area contributed by atoms with Gasteiger partial charge < -0.3 is 10.2 Å². The number of carbonyl (C=O) groups excluding carboxylic acids is 1. The molecule has 0 saturated heterocycles. The van der Waals surface area contributed by atoms with Crippen molar-refractivity contribution >= 4 is 38.6 Å². The summed E-state index contributed by atoms with van der Waals surface area (Å²) < 4.78 is 0.870. The van der Waals surface area contributed by atoms with Gasteiger partial charge in [-0.15, -0.1) is 0 Å². The van der Waals surface area contributed by atoms with Crippen molar-refractivity contribution in [2.45, 2.75) is 53.9 Å². The van der Waals surface area contributed by atoms with Crippen molar-refractivity contribution in [1.29, 1.82) is 0 Å². The molecule has 0 unspecified atom stereocenters. The first kappa shape index (κ1) is 23.2. The predicted octanol–water partition coefficient (Wildman–Crippen LogP) is 5.05. The van der Waals surface area contributed by atoms with E-state index in [1.807, 2.05) is 27.8 Å². The molecule has 0 atom stereocenters. The quantitative estimate of drug-likeness (QED) is 0.322. The summed E-state index contributed by atoms with van der Waals surface area (Å²) >= 11 is 9.30. The zero-order valence-electron chi connectivity index (χ0n) is 15.7. The van der Waals surface area contributed by atoms with Crippen LogP contribution in [0.5, 0.6) is 0 Å². The van der Waals surface area contributed by atoms with Crippen LogP contribution in [0, 0.1) is 5.41 Å². The van der Waals surface area contributed by atoms with Crippen molar-refractivity contribution in [3.05, 3.63) is 22.5 Å². The number of unbranched alkanes of at least 4 members (excludes halogenated alkanes) is 1. The Morgan fingerprint density at radius 2 is 2.00 bits per heavy atom. The maximum Gasteiger partial charge on any atom is 0.227 e. The standard InChI is InChI=1S/C18H31BrClN3O/c1-7-8-10-16(15(19)13-22-14(2)20)21-11-9-12-23(6)17(24)18(3,4)5/h10,13,21H,7-9,11-12H2,1-6H3/b15-13+,16-10-,22-14?. The molecule has 0 aromatic rings. The monoisotopic (exact) mass is 419 g/mol. The molecule has 0 aromatic heterocycles. The van der Waals surface area contributed by atoms with Crippen molar-refractivity contribution in [2.24, 2.45) is 10.4 Å². The van der Waals surface area contributed by atoms with Crippen LogP contribution >= 0.6 is 27.5 Å². The molecule has 0 bridgehead atoms. The van der Waals surface area contributed by atoms with Crippen molar-refractivity contribution < 1.29 is 4.79 Å². The number of aliphatic imine (C=N–C) groups is 1. The molecule has 1 N–H and O–H groups in total. The SMILES string of the molecule is CCC/C=C(NCCCN(C)C(=O)C(C)(C)C)/C(Br)=C\N=C(C)Cl. The van der Waals surface area contributed by atoms with Crippen molar-refractivity contribution in [3.8, 4) is 0 Å². The molecule has 4 nitrogen and oxygen atoms in total. The van der Waals surface area contributed by atoms with Gasteiger partial charge in [0.15, 0.2) is 0 Å². The molecule has 0 spiro atoms. The minimum atomic E-state index is -0.336. The predicted molar refractivity (Wildman–Crippen MR) is 109 cm³/mol. The van der Waals surface area contributed by atoms with E-state index in [0.717, 1.165) is 42.5 Å². The molecule has 0 rings (SSSR count). The molecule has 6 heteroatoms. The average molecular weight is 421 g/mol. The number of carbonyl (C=O) groups is 1. The van der Waals surface area contributed by atoms with Gasteiger partial charge in [0.2, 0.25) is 5.91 Å². The normalized spacial score (nSPS) is 13.9. The highest BCUT2D eigenvalue weighted by atomic mass is 79.9. The van der Waals surface area contributed by atoms with Crippen LogP contribution in [0.4, 0.5) is 0 Å². The Bertz CT molecular complexity index is 489. The van der Waals surface area contributed by atoms with Crippen LogP contribution in [-0.4, -0.2) is 36.1 Å². The fraction of sp³-hybridized carbons (Fsp3) is 0.667. The van der Waals surface area contributed by atoms with E-state index >= 15 is 0 Å². The largest absolute Gasteiger partial charge is 0.384 e. The number of halogens is 2. The van der Waals surface area contributed by atoms with Crippen molar-refractivity contribution in [1.82, 2.24) is 10.2 Å². The Morgan fingerprint density at radius 1 is 1.38 bits per heavy atom. The lowest BCUT2D eigenvalue weighted by atomic mass is 9.95. The Morgan fingerprint density at radius 3 is 2.50 bits per heavy atom. The van der Waals surface area contributed by atoms with Gasteiger partial charge in [0.05, 0.1) is 4.48 Å². The lowest BCUT2D eigenvalue weighted by molar-refractivity contribution is -0.138. The number of hydrogen-bond donors (Lipinski definition) is 1. The molecule has 1 amide bonds. The van der Waals surface area contributed by atoms with Gasteiger partial charge in [-0.2, -0.15) is 0 Å². The summed E-state index contributed by atoms with van der Waals surface area (Å²) in [5.41, 5.74) is 0.667. The zero-order valence-corrected chi connectivity index (χ0v) is 18.1. The van der Waals surface area contributed by atoms with Gasteiger partial charge >= 0.3 is 0 Å². The summed E-state index contributed by atoms with van der Waals surface area (Å²) in [6.45, 7) is 11.2. The number of nitrogens with one attached hydrogen (secondary N) is 1. The average Bonchev–Trinajstić information content (AvgIpc) is 2.49. The van der Waals surface area contributed by atoms with Gasteiger partial charge in [-0.3, -0.25) is 4.79 Å². The molecule has 0 heterocycles. The van der Waals surface area contributed by atoms with Crippen LogP contribution in [0.1, 0.15) is 53.9 Å². The minimum Gasteiger partial charge on any atom is -0.384 e. The fourth-order valence-electron chi connectivity index (χ4n) is 1.97. The van der Waals surface area contributed by atoms with Crippen LogP contribution in [0.2, 0.25) is 0 Å². The Balaban J connectivity index is 4.57. The number of nitrogens with zero attached hydrogens (tertiary/aromatic N) is 2. The zero-order chi connectivity index (χ0) is 18.8. The van der Waals surface area contributed by atoms with Crippen LogP contribution in [0.3, 0.4) is 0 Å². The van der Waals surface area contributed by atoms with E-state index in [4.69, 9.17) is 11.6 Å². The first-order valence-electron chi connectivity index (χ1n) is 8.35. The summed E-state index contributed by atoms with van der Waals surface area (Å²) in [7, 11) is 1.86. The fourth-order valence-corrected chi connectivity index (χ4v) is 2.42. The topological polar surface area (TPSA) is 44.7 Å². The summed E-state index contributed by atoms with van der Waals surface area (Å²) in [4.78, 5) is 18.0. The van der Waals surface area contributed by atoms with Gasteiger partial charge in [0, 0.05) is 37.4 Å². The van der Waals surface area contributed by atoms with E-state index in [1.54, 1.807) is 18.0 Å². The number of hydrogen-bond acceptors (Lipinski definition) is 3. The second-order valence-electron chi connectivity index (χ2n) is 6.77. The number of rotatable bonds is 9. The van der Waals surface area contributed by atoms with Crippen LogP contribution < -0.4 is 5.32 Å². The molecule has 0 aliphatic heterocycles. The highest BCUT2D eigenvalue weighted by molar-refractivity contribution is 9.12. The van der Waals surface area contributed by atoms with E-state index < -0.39 is 0 Å². The molecule has 0 saturated carbocycles. The van der Waals surface area contributed by atoms with Crippen LogP contribution in [-0.2, 0) is 4.79 Å². The summed E-state index contributed by atoms with van der Waals surface area (Å²) in [5, 5.41) is 3.90. The first-order chi connectivity index (χ1) is 11.1. The highest BCUT2D eigenvalue weighted by Crippen LogP contribution is 2.18. The second kappa shape index (κ2) is 11.7. The molecular weight excluding hydrogens is 390 g/mol. The van der Waals surface area contributed by atoms with Gasteiger partial charge in [0.25, 0.3) is 0 Å². The first-order valence-corrected chi connectivity index (χ1v) is 9.52. The lowest BCUT2D eigenvalue weighted by Crippen LogP contribution is -2.38. The van der Waals surface area contributed by atoms with E-state index in [-0.39, 0.29) is 11.3 Å². The molecule has 138 valence electrons. The van der Waals surface area contributed by atoms with Crippen LogP contribution in [0.25, 0.3) is 0 Å². The molecule has 0 fully saturated rings. The third-order valence-corrected chi connectivity index (χ3v) is 3.95. The van der Waals surface area contributed by atoms with Gasteiger partial charge in [-0.05, 0) is 35.7 Å². The molecule has 0 aliphatic carbocycles. The highest BCUT2D eigenvalue weighted by Gasteiger charge is 2.24. The molecule has 0 aliphatic rings. The van der Waals surface area contributed by atoms with Crippen LogP contribution in [0.15, 0.2) is 27.4 Å².